The molecule has 0 atom stereocenters. The molecule has 0 saturated heterocycles. The Balaban J connectivity index is 4.53. The molecule has 8 heteroatoms. The molecular formula is I4P2S2. The lowest BCUT2D eigenvalue weighted by atomic mass is 29.7. The van der Waals surface area contributed by atoms with Gasteiger partial charge in [0.2, 0.25) is 0 Å². The van der Waals surface area contributed by atoms with Crippen molar-refractivity contribution in [2.45, 2.75) is 0 Å². The summed E-state index contributed by atoms with van der Waals surface area (Å²) in [7, 11) is 0. The van der Waals surface area contributed by atoms with E-state index in [0.717, 1.165) is 0 Å². The minimum absolute atomic E-state index is 1.18. The van der Waals surface area contributed by atoms with Crippen LogP contribution in [0.2, 0.25) is 0 Å². The molecule has 0 aliphatic heterocycles. The highest BCUT2D eigenvalue weighted by atomic mass is 127. The first kappa shape index (κ1) is 12.2. The highest BCUT2D eigenvalue weighted by Crippen LogP contribution is 2.99. The molecule has 0 radical (unpaired) electrons. The molecule has 0 aromatic heterocycles. The molecule has 0 nitrogen and oxygen atoms in total. The minimum atomic E-state index is -1.18. The van der Waals surface area contributed by atoms with Crippen LogP contribution in [0.1, 0.15) is 0 Å². The lowest BCUT2D eigenvalue weighted by molar-refractivity contribution is 5.43. The van der Waals surface area contributed by atoms with E-state index in [-0.39, 0.29) is 0 Å². The number of hydrogen-bond donors (Lipinski definition) is 0. The van der Waals surface area contributed by atoms with Gasteiger partial charge in [0, 0.05) is 0 Å². The van der Waals surface area contributed by atoms with Gasteiger partial charge >= 0.3 is 0 Å². The second-order valence-corrected chi connectivity index (χ2v) is 56.6. The van der Waals surface area contributed by atoms with Crippen LogP contribution < -0.4 is 0 Å². The van der Waals surface area contributed by atoms with Crippen LogP contribution in [-0.2, 0) is 23.6 Å². The lowest BCUT2D eigenvalue weighted by Gasteiger charge is -2.09. The predicted molar refractivity (Wildman–Crippen MR) is 84.7 cm³/mol. The average molecular weight is 634 g/mol. The van der Waals surface area contributed by atoms with Gasteiger partial charge in [0.25, 0.3) is 0 Å². The van der Waals surface area contributed by atoms with E-state index in [0.29, 0.717) is 0 Å². The summed E-state index contributed by atoms with van der Waals surface area (Å²) in [5.74, 6) is 0. The van der Waals surface area contributed by atoms with Crippen molar-refractivity contribution in [3.8, 4) is 0 Å². The van der Waals surface area contributed by atoms with E-state index in [2.05, 4.69) is 88.2 Å². The Morgan fingerprint density at radius 1 is 0.750 bits per heavy atom. The SMILES string of the molecule is S=P(I)(I)P(=S)(I)I. The summed E-state index contributed by atoms with van der Waals surface area (Å²) in [4.78, 5) is 0. The van der Waals surface area contributed by atoms with Crippen molar-refractivity contribution in [3.05, 3.63) is 0 Å². The third-order valence-electron chi connectivity index (χ3n) is 0.271. The summed E-state index contributed by atoms with van der Waals surface area (Å²) in [6, 6.07) is 0. The van der Waals surface area contributed by atoms with Gasteiger partial charge in [0.1, 0.15) is 2.02 Å². The Labute approximate surface area is 111 Å². The summed E-state index contributed by atoms with van der Waals surface area (Å²) >= 11 is 19.8. The topological polar surface area (TPSA) is 0 Å². The van der Waals surface area contributed by atoms with Gasteiger partial charge < -0.3 is 0 Å². The standard InChI is InChI=1S/I4P2S2/c1-5(2,7)6(3,4)8. The van der Waals surface area contributed by atoms with Gasteiger partial charge in [0.05, 0.1) is 0 Å². The molecule has 0 aliphatic rings. The number of halogens is 4. The summed E-state index contributed by atoms with van der Waals surface area (Å²) < 4.78 is -2.35. The zero-order chi connectivity index (χ0) is 7.00. The van der Waals surface area contributed by atoms with Crippen molar-refractivity contribution in [3.63, 3.8) is 0 Å². The van der Waals surface area contributed by atoms with Gasteiger partial charge in [-0.1, -0.05) is 23.6 Å². The van der Waals surface area contributed by atoms with Crippen LogP contribution in [0.15, 0.2) is 0 Å². The minimum Gasteiger partial charge on any atom is -0.0680 e. The van der Waals surface area contributed by atoms with Gasteiger partial charge in [0.15, 0.2) is 0 Å². The van der Waals surface area contributed by atoms with E-state index in [1.165, 1.54) is 0 Å². The van der Waals surface area contributed by atoms with Gasteiger partial charge in [-0.3, -0.25) is 0 Å². The van der Waals surface area contributed by atoms with Crippen LogP contribution >= 0.6 is 90.2 Å². The highest BCUT2D eigenvalue weighted by Gasteiger charge is 2.23. The Bertz CT molecular complexity index is 141. The van der Waals surface area contributed by atoms with Crippen LogP contribution in [-0.4, -0.2) is 0 Å². The Morgan fingerprint density at radius 2 is 0.875 bits per heavy atom. The van der Waals surface area contributed by atoms with Crippen molar-refractivity contribution in [1.82, 2.24) is 0 Å². The summed E-state index contributed by atoms with van der Waals surface area (Å²) in [5, 5.41) is 0. The molecule has 0 saturated carbocycles. The van der Waals surface area contributed by atoms with Gasteiger partial charge in [-0.25, -0.2) is 0 Å². The maximum atomic E-state index is 5.24. The second kappa shape index (κ2) is 4.45. The largest absolute Gasteiger partial charge is 0.116 e. The molecule has 0 aromatic carbocycles. The molecule has 0 heterocycles. The molecule has 0 amide bonds. The van der Waals surface area contributed by atoms with Crippen LogP contribution in [0.4, 0.5) is 0 Å². The van der Waals surface area contributed by atoms with Crippen LogP contribution in [0.5, 0.6) is 0 Å². The van der Waals surface area contributed by atoms with Crippen molar-refractivity contribution >= 4 is 114 Å². The van der Waals surface area contributed by atoms with Crippen molar-refractivity contribution in [1.29, 1.82) is 0 Å². The lowest BCUT2D eigenvalue weighted by Crippen LogP contribution is -1.38. The van der Waals surface area contributed by atoms with Crippen molar-refractivity contribution in [2.24, 2.45) is 0 Å². The van der Waals surface area contributed by atoms with Crippen molar-refractivity contribution in [2.75, 3.05) is 0 Å². The molecule has 0 unspecified atom stereocenters. The van der Waals surface area contributed by atoms with Crippen LogP contribution in [0.3, 0.4) is 0 Å². The average Bonchev–Trinajstić information content (AvgIpc) is 1.25. The monoisotopic (exact) mass is 634 g/mol. The van der Waals surface area contributed by atoms with Crippen LogP contribution in [0.25, 0.3) is 0 Å². The van der Waals surface area contributed by atoms with Crippen molar-refractivity contribution < 1.29 is 0 Å². The quantitative estimate of drug-likeness (QED) is 0.286. The zero-order valence-corrected chi connectivity index (χ0v) is 15.3. The van der Waals surface area contributed by atoms with E-state index in [9.17, 15) is 0 Å². The molecule has 0 aliphatic carbocycles. The summed E-state index contributed by atoms with van der Waals surface area (Å²) in [5.41, 5.74) is 0. The van der Waals surface area contributed by atoms with E-state index in [1.54, 1.807) is 0 Å². The van der Waals surface area contributed by atoms with E-state index in [1.807, 2.05) is 0 Å². The first-order valence-corrected chi connectivity index (χ1v) is 18.7. The molecule has 8 heavy (non-hydrogen) atoms. The van der Waals surface area contributed by atoms with E-state index in [4.69, 9.17) is 23.6 Å². The molecule has 0 spiro atoms. The van der Waals surface area contributed by atoms with E-state index >= 15 is 0 Å². The smallest absolute Gasteiger partial charge is 0.0680 e. The summed E-state index contributed by atoms with van der Waals surface area (Å²) in [6.45, 7) is 0. The van der Waals surface area contributed by atoms with Crippen LogP contribution in [0, 0.1) is 0 Å². The Hall–Kier alpha value is 4.22. The Morgan fingerprint density at radius 3 is 0.875 bits per heavy atom. The molecule has 0 bridgehead atoms. The highest BCUT2D eigenvalue weighted by molar-refractivity contribution is 14.3. The summed E-state index contributed by atoms with van der Waals surface area (Å²) in [6.07, 6.45) is 0. The fourth-order valence-corrected chi connectivity index (χ4v) is 0. The normalized spacial score (nSPS) is 14.0. The zero-order valence-electron chi connectivity index (χ0n) is 3.22. The number of hydrogen-bond acceptors (Lipinski definition) is 2. The van der Waals surface area contributed by atoms with E-state index < -0.39 is 2.02 Å². The molecule has 0 aromatic rings. The molecule has 0 rings (SSSR count). The fraction of sp³-hybridized carbons (Fsp3) is 0. The van der Waals surface area contributed by atoms with Gasteiger partial charge in [-0.15, -0.1) is 0 Å². The second-order valence-electron chi connectivity index (χ2n) is 0.869. The Kier molecular flexibility index (Phi) is 6.80. The first-order chi connectivity index (χ1) is 3.25. The predicted octanol–water partition coefficient (Wildman–Crippen LogP) is 5.26. The maximum Gasteiger partial charge on any atom is 0.116 e. The molecule has 50 valence electrons. The third kappa shape index (κ3) is 4.97. The van der Waals surface area contributed by atoms with Gasteiger partial charge in [-0.2, -0.15) is 0 Å². The maximum absolute atomic E-state index is 5.24. The van der Waals surface area contributed by atoms with Gasteiger partial charge in [-0.05, 0) is 88.2 Å². The number of rotatable bonds is 1. The third-order valence-corrected chi connectivity index (χ3v) is 71.3. The molecule has 0 N–H and O–H groups in total. The first-order valence-electron chi connectivity index (χ1n) is 1.24. The molecular weight excluding hydrogens is 634 g/mol. The fourth-order valence-electron chi connectivity index (χ4n) is 0. The molecule has 0 fully saturated rings.